The van der Waals surface area contributed by atoms with E-state index in [1.165, 1.54) is 18.9 Å². The number of rotatable bonds is 7. The predicted octanol–water partition coefficient (Wildman–Crippen LogP) is 2.78. The number of hydrogen-bond acceptors (Lipinski definition) is 7. The Kier molecular flexibility index (Phi) is 6.59. The van der Waals surface area contributed by atoms with Crippen molar-refractivity contribution >= 4 is 5.69 Å². The normalized spacial score (nSPS) is 21.1. The second-order valence-electron chi connectivity index (χ2n) is 8.95. The number of benzene rings is 1. The molecule has 0 saturated heterocycles. The first-order valence-electron chi connectivity index (χ1n) is 10.3. The Morgan fingerprint density at radius 2 is 2.10 bits per heavy atom. The summed E-state index contributed by atoms with van der Waals surface area (Å²) in [5.41, 5.74) is 6.42. The highest BCUT2D eigenvalue weighted by atomic mass is 16.6. The molecule has 158 valence electrons. The predicted molar refractivity (Wildman–Crippen MR) is 110 cm³/mol. The van der Waals surface area contributed by atoms with Crippen LogP contribution in [0.2, 0.25) is 0 Å². The Bertz CT molecular complexity index is 830. The highest BCUT2D eigenvalue weighted by Crippen LogP contribution is 2.30. The van der Waals surface area contributed by atoms with E-state index in [1.54, 1.807) is 16.8 Å². The van der Waals surface area contributed by atoms with Gasteiger partial charge in [0.15, 0.2) is 5.82 Å². The van der Waals surface area contributed by atoms with Gasteiger partial charge in [-0.3, -0.25) is 10.1 Å². The van der Waals surface area contributed by atoms with Crippen molar-refractivity contribution in [1.29, 1.82) is 0 Å². The van der Waals surface area contributed by atoms with Gasteiger partial charge in [-0.05, 0) is 80.9 Å². The third-order valence-electron chi connectivity index (χ3n) is 5.64. The lowest BCUT2D eigenvalue weighted by Crippen LogP contribution is -2.35. The van der Waals surface area contributed by atoms with Crippen LogP contribution in [0.15, 0.2) is 24.3 Å². The van der Waals surface area contributed by atoms with Crippen LogP contribution in [-0.2, 0) is 5.54 Å². The zero-order chi connectivity index (χ0) is 21.0. The van der Waals surface area contributed by atoms with Gasteiger partial charge < -0.3 is 11.1 Å². The van der Waals surface area contributed by atoms with Crippen LogP contribution < -0.4 is 11.1 Å². The van der Waals surface area contributed by atoms with Crippen molar-refractivity contribution in [1.82, 2.24) is 25.5 Å². The summed E-state index contributed by atoms with van der Waals surface area (Å²) in [4.78, 5) is 10.9. The van der Waals surface area contributed by atoms with Crippen LogP contribution in [0.1, 0.15) is 63.9 Å². The van der Waals surface area contributed by atoms with Crippen molar-refractivity contribution in [2.45, 2.75) is 58.0 Å². The average molecular weight is 402 g/mol. The smallest absolute Gasteiger partial charge is 0.269 e. The van der Waals surface area contributed by atoms with E-state index in [9.17, 15) is 10.1 Å². The molecule has 0 radical (unpaired) electrons. The molecule has 1 aliphatic rings. The molecule has 9 heteroatoms. The van der Waals surface area contributed by atoms with Crippen LogP contribution in [0.25, 0.3) is 0 Å². The van der Waals surface area contributed by atoms with Gasteiger partial charge in [-0.1, -0.05) is 18.6 Å². The van der Waals surface area contributed by atoms with Gasteiger partial charge in [0.05, 0.1) is 16.5 Å². The summed E-state index contributed by atoms with van der Waals surface area (Å²) in [5.74, 6) is 1.76. The van der Waals surface area contributed by atoms with Crippen molar-refractivity contribution in [3.8, 4) is 0 Å². The first kappa shape index (κ1) is 21.3. The summed E-state index contributed by atoms with van der Waals surface area (Å²) in [5, 5.41) is 27.2. The first-order valence-corrected chi connectivity index (χ1v) is 10.3. The number of tetrazole rings is 1. The minimum absolute atomic E-state index is 0.0601. The summed E-state index contributed by atoms with van der Waals surface area (Å²) in [6.45, 7) is 7.62. The minimum Gasteiger partial charge on any atom is -0.330 e. The Morgan fingerprint density at radius 1 is 1.34 bits per heavy atom. The Labute approximate surface area is 171 Å². The van der Waals surface area contributed by atoms with Crippen LogP contribution in [0.3, 0.4) is 0 Å². The highest BCUT2D eigenvalue weighted by Gasteiger charge is 2.29. The Balaban J connectivity index is 1.89. The zero-order valence-corrected chi connectivity index (χ0v) is 17.4. The molecule has 1 fully saturated rings. The molecule has 9 nitrogen and oxygen atoms in total. The maximum Gasteiger partial charge on any atom is 0.269 e. The monoisotopic (exact) mass is 401 g/mol. The third-order valence-corrected chi connectivity index (χ3v) is 5.64. The van der Waals surface area contributed by atoms with Crippen molar-refractivity contribution in [3.05, 3.63) is 45.8 Å². The van der Waals surface area contributed by atoms with Crippen LogP contribution in [0.5, 0.6) is 0 Å². The molecule has 0 aliphatic heterocycles. The topological polar surface area (TPSA) is 125 Å². The van der Waals surface area contributed by atoms with E-state index in [0.29, 0.717) is 17.7 Å². The fraction of sp³-hybridized carbons (Fsp3) is 0.650. The maximum atomic E-state index is 11.3. The van der Waals surface area contributed by atoms with Crippen LogP contribution in [0, 0.1) is 22.0 Å². The average Bonchev–Trinajstić information content (AvgIpc) is 3.19. The van der Waals surface area contributed by atoms with E-state index in [2.05, 4.69) is 20.8 Å². The fourth-order valence-electron chi connectivity index (χ4n) is 4.11. The molecule has 0 bridgehead atoms. The number of nitrogens with one attached hydrogen (secondary N) is 1. The molecular weight excluding hydrogens is 370 g/mol. The molecule has 3 N–H and O–H groups in total. The molecule has 1 aromatic heterocycles. The number of nitrogens with two attached hydrogens (primary N) is 1. The summed E-state index contributed by atoms with van der Waals surface area (Å²) < 4.78 is 1.78. The molecule has 1 aromatic carbocycles. The lowest BCUT2D eigenvalue weighted by Gasteiger charge is -2.30. The van der Waals surface area contributed by atoms with E-state index in [0.717, 1.165) is 31.5 Å². The third kappa shape index (κ3) is 5.16. The van der Waals surface area contributed by atoms with Crippen molar-refractivity contribution in [3.63, 3.8) is 0 Å². The van der Waals surface area contributed by atoms with E-state index in [1.807, 2.05) is 26.8 Å². The second-order valence-corrected chi connectivity index (χ2v) is 8.95. The fourth-order valence-corrected chi connectivity index (χ4v) is 4.11. The molecule has 1 saturated carbocycles. The summed E-state index contributed by atoms with van der Waals surface area (Å²) in [6, 6.07) is 6.36. The number of aromatic nitrogens is 4. The second kappa shape index (κ2) is 8.96. The molecule has 0 amide bonds. The standard InChI is InChI=1S/C20H31N7O2/c1-20(2,3)26-19(23-24-25-26)18(16-8-5-9-17(11-16)27(28)29)22-13-15-7-4-6-14(10-15)12-21/h5,8-9,11,14-15,18,22H,4,6-7,10,12-13,21H2,1-3H3. The van der Waals surface area contributed by atoms with Crippen LogP contribution in [-0.4, -0.2) is 38.2 Å². The number of nitro benzene ring substituents is 1. The largest absolute Gasteiger partial charge is 0.330 e. The highest BCUT2D eigenvalue weighted by molar-refractivity contribution is 5.37. The first-order chi connectivity index (χ1) is 13.8. The van der Waals surface area contributed by atoms with Gasteiger partial charge in [-0.2, -0.15) is 0 Å². The minimum atomic E-state index is -0.375. The van der Waals surface area contributed by atoms with Gasteiger partial charge in [0.2, 0.25) is 0 Å². The van der Waals surface area contributed by atoms with Crippen LogP contribution in [0.4, 0.5) is 5.69 Å². The summed E-state index contributed by atoms with van der Waals surface area (Å²) in [6.07, 6.45) is 4.66. The van der Waals surface area contributed by atoms with Gasteiger partial charge in [-0.25, -0.2) is 4.68 Å². The Morgan fingerprint density at radius 3 is 2.79 bits per heavy atom. The van der Waals surface area contributed by atoms with Gasteiger partial charge in [0.1, 0.15) is 0 Å². The molecule has 3 rings (SSSR count). The lowest BCUT2D eigenvalue weighted by molar-refractivity contribution is -0.384. The van der Waals surface area contributed by atoms with Gasteiger partial charge in [-0.15, -0.1) is 5.10 Å². The van der Waals surface area contributed by atoms with E-state index >= 15 is 0 Å². The lowest BCUT2D eigenvalue weighted by atomic mass is 9.81. The van der Waals surface area contributed by atoms with E-state index in [-0.39, 0.29) is 22.2 Å². The molecule has 3 atom stereocenters. The molecule has 3 unspecified atom stereocenters. The van der Waals surface area contributed by atoms with Crippen molar-refractivity contribution in [2.75, 3.05) is 13.1 Å². The van der Waals surface area contributed by atoms with Gasteiger partial charge in [0, 0.05) is 12.1 Å². The molecule has 29 heavy (non-hydrogen) atoms. The Hall–Kier alpha value is -2.39. The molecule has 1 heterocycles. The molecule has 0 spiro atoms. The van der Waals surface area contributed by atoms with E-state index < -0.39 is 0 Å². The number of non-ortho nitro benzene ring substituents is 1. The number of nitro groups is 1. The van der Waals surface area contributed by atoms with Crippen LogP contribution >= 0.6 is 0 Å². The maximum absolute atomic E-state index is 11.3. The summed E-state index contributed by atoms with van der Waals surface area (Å²) in [7, 11) is 0. The van der Waals surface area contributed by atoms with Crippen molar-refractivity contribution < 1.29 is 4.92 Å². The molecule has 1 aliphatic carbocycles. The SMILES string of the molecule is CC(C)(C)n1nnnc1C(NCC1CCCC(CN)C1)c1cccc([N+](=O)[O-])c1. The number of hydrogen-bond donors (Lipinski definition) is 2. The van der Waals surface area contributed by atoms with Crippen molar-refractivity contribution in [2.24, 2.45) is 17.6 Å². The summed E-state index contributed by atoms with van der Waals surface area (Å²) >= 11 is 0. The molecular formula is C20H31N7O2. The van der Waals surface area contributed by atoms with E-state index in [4.69, 9.17) is 5.73 Å². The molecule has 2 aromatic rings. The zero-order valence-electron chi connectivity index (χ0n) is 17.4. The number of nitrogens with zero attached hydrogens (tertiary/aromatic N) is 5. The van der Waals surface area contributed by atoms with Gasteiger partial charge >= 0.3 is 0 Å². The van der Waals surface area contributed by atoms with Gasteiger partial charge in [0.25, 0.3) is 5.69 Å². The quantitative estimate of drug-likeness (QED) is 0.540.